The normalized spacial score (nSPS) is 23.8. The number of rotatable bonds is 5. The lowest BCUT2D eigenvalue weighted by molar-refractivity contribution is -0.124. The zero-order chi connectivity index (χ0) is 24.7. The minimum absolute atomic E-state index is 0.00722. The van der Waals surface area contributed by atoms with Crippen LogP contribution in [0.25, 0.3) is 11.2 Å². The molecule has 1 N–H and O–H groups in total. The van der Waals surface area contributed by atoms with Crippen molar-refractivity contribution in [3.8, 4) is 0 Å². The zero-order valence-corrected chi connectivity index (χ0v) is 22.1. The van der Waals surface area contributed by atoms with E-state index >= 15 is 0 Å². The van der Waals surface area contributed by atoms with Crippen LogP contribution in [-0.2, 0) is 18.4 Å². The number of aryl methyl sites for hydroxylation is 1. The first-order valence-electron chi connectivity index (χ1n) is 13.3. The van der Waals surface area contributed by atoms with Gasteiger partial charge in [-0.05, 0) is 61.0 Å². The summed E-state index contributed by atoms with van der Waals surface area (Å²) < 4.78 is 3.53. The quantitative estimate of drug-likeness (QED) is 0.627. The first-order valence-corrected chi connectivity index (χ1v) is 13.3. The fourth-order valence-electron chi connectivity index (χ4n) is 6.01. The minimum Gasteiger partial charge on any atom is -0.353 e. The SMILES string of the molecule is Cn1c(=O)n(CC(C)(C)C)c2ccc(C3CCC(C)(C)C(NC(=O)CC4CCCCC4)C3)nc21. The van der Waals surface area contributed by atoms with Crippen LogP contribution in [-0.4, -0.2) is 26.1 Å². The minimum atomic E-state index is -0.00722. The molecule has 2 atom stereocenters. The van der Waals surface area contributed by atoms with Crippen molar-refractivity contribution in [2.45, 2.75) is 111 Å². The van der Waals surface area contributed by atoms with E-state index in [1.54, 1.807) is 4.57 Å². The zero-order valence-electron chi connectivity index (χ0n) is 22.1. The van der Waals surface area contributed by atoms with Crippen molar-refractivity contribution < 1.29 is 4.79 Å². The summed E-state index contributed by atoms with van der Waals surface area (Å²) in [5, 5.41) is 3.42. The number of amides is 1. The smallest absolute Gasteiger partial charge is 0.330 e. The molecule has 34 heavy (non-hydrogen) atoms. The lowest BCUT2D eigenvalue weighted by Gasteiger charge is -2.42. The fourth-order valence-corrected chi connectivity index (χ4v) is 6.01. The highest BCUT2D eigenvalue weighted by Crippen LogP contribution is 2.42. The summed E-state index contributed by atoms with van der Waals surface area (Å²) in [6.07, 6.45) is 9.92. The first-order chi connectivity index (χ1) is 15.9. The Kier molecular flexibility index (Phi) is 6.99. The van der Waals surface area contributed by atoms with E-state index in [0.29, 0.717) is 24.8 Å². The van der Waals surface area contributed by atoms with Gasteiger partial charge >= 0.3 is 5.69 Å². The Morgan fingerprint density at radius 3 is 2.53 bits per heavy atom. The lowest BCUT2D eigenvalue weighted by Crippen LogP contribution is -2.48. The van der Waals surface area contributed by atoms with E-state index in [4.69, 9.17) is 4.98 Å². The van der Waals surface area contributed by atoms with E-state index in [2.05, 4.69) is 52.1 Å². The molecular weight excluding hydrogens is 424 g/mol. The summed E-state index contributed by atoms with van der Waals surface area (Å²) in [4.78, 5) is 30.8. The third-order valence-electron chi connectivity index (χ3n) is 8.19. The molecule has 188 valence electrons. The van der Waals surface area contributed by atoms with Crippen LogP contribution < -0.4 is 11.0 Å². The number of nitrogens with one attached hydrogen (secondary N) is 1. The lowest BCUT2D eigenvalue weighted by atomic mass is 9.68. The predicted octanol–water partition coefficient (Wildman–Crippen LogP) is 5.53. The van der Waals surface area contributed by atoms with Crippen LogP contribution in [0.1, 0.15) is 104 Å². The highest BCUT2D eigenvalue weighted by Gasteiger charge is 2.38. The summed E-state index contributed by atoms with van der Waals surface area (Å²) in [5.74, 6) is 1.06. The number of nitrogens with zero attached hydrogens (tertiary/aromatic N) is 3. The van der Waals surface area contributed by atoms with Crippen molar-refractivity contribution in [1.82, 2.24) is 19.4 Å². The van der Waals surface area contributed by atoms with E-state index in [-0.39, 0.29) is 28.5 Å². The van der Waals surface area contributed by atoms with Gasteiger partial charge in [0.1, 0.15) is 0 Å². The third-order valence-corrected chi connectivity index (χ3v) is 8.19. The summed E-state index contributed by atoms with van der Waals surface area (Å²) in [7, 11) is 1.82. The molecule has 2 aliphatic carbocycles. The number of fused-ring (bicyclic) bond motifs is 1. The molecule has 0 saturated heterocycles. The van der Waals surface area contributed by atoms with Crippen LogP contribution in [0.15, 0.2) is 16.9 Å². The number of carbonyl (C=O) groups excluding carboxylic acids is 1. The van der Waals surface area contributed by atoms with Gasteiger partial charge in [0.15, 0.2) is 5.65 Å². The number of carbonyl (C=O) groups is 1. The average molecular weight is 469 g/mol. The maximum atomic E-state index is 12.9. The third kappa shape index (κ3) is 5.41. The van der Waals surface area contributed by atoms with Gasteiger partial charge in [0, 0.05) is 37.7 Å². The van der Waals surface area contributed by atoms with Gasteiger partial charge < -0.3 is 5.32 Å². The van der Waals surface area contributed by atoms with Crippen LogP contribution >= 0.6 is 0 Å². The van der Waals surface area contributed by atoms with Crippen molar-refractivity contribution in [2.75, 3.05) is 0 Å². The van der Waals surface area contributed by atoms with E-state index in [9.17, 15) is 9.59 Å². The Balaban J connectivity index is 1.52. The molecule has 0 bridgehead atoms. The Morgan fingerprint density at radius 1 is 1.15 bits per heavy atom. The molecule has 0 radical (unpaired) electrons. The summed E-state index contributed by atoms with van der Waals surface area (Å²) in [5.41, 5.74) is 2.78. The van der Waals surface area contributed by atoms with Gasteiger partial charge in [-0.3, -0.25) is 13.9 Å². The van der Waals surface area contributed by atoms with Crippen LogP contribution in [0.5, 0.6) is 0 Å². The van der Waals surface area contributed by atoms with Gasteiger partial charge in [0.25, 0.3) is 0 Å². The molecule has 2 heterocycles. The summed E-state index contributed by atoms with van der Waals surface area (Å²) >= 11 is 0. The second kappa shape index (κ2) is 9.50. The van der Waals surface area contributed by atoms with Crippen molar-refractivity contribution in [3.05, 3.63) is 28.3 Å². The molecule has 0 spiro atoms. The Morgan fingerprint density at radius 2 is 1.85 bits per heavy atom. The number of aromatic nitrogens is 3. The van der Waals surface area contributed by atoms with Gasteiger partial charge in [0.2, 0.25) is 5.91 Å². The molecule has 2 aromatic rings. The average Bonchev–Trinajstić information content (AvgIpc) is 2.99. The molecular formula is C28H44N4O2. The molecule has 4 rings (SSSR count). The standard InChI is InChI=1S/C28H44N4O2/c1-27(2,3)18-32-22-13-12-21(29-25(22)31(6)26(32)34)20-14-15-28(4,5)23(17-20)30-24(33)16-19-10-8-7-9-11-19/h12-13,19-20,23H,7-11,14-18H2,1-6H3,(H,30,33). The van der Waals surface area contributed by atoms with Gasteiger partial charge in [-0.2, -0.15) is 0 Å². The van der Waals surface area contributed by atoms with E-state index in [1.807, 2.05) is 11.6 Å². The predicted molar refractivity (Wildman–Crippen MR) is 138 cm³/mol. The van der Waals surface area contributed by atoms with Crippen molar-refractivity contribution in [1.29, 1.82) is 0 Å². The van der Waals surface area contributed by atoms with E-state index in [1.165, 1.54) is 32.1 Å². The van der Waals surface area contributed by atoms with Crippen molar-refractivity contribution in [2.24, 2.45) is 23.8 Å². The summed E-state index contributed by atoms with van der Waals surface area (Å²) in [6.45, 7) is 11.7. The second-order valence-electron chi connectivity index (χ2n) is 12.9. The topological polar surface area (TPSA) is 68.9 Å². The van der Waals surface area contributed by atoms with Gasteiger partial charge in [-0.25, -0.2) is 9.78 Å². The molecule has 2 aromatic heterocycles. The largest absolute Gasteiger partial charge is 0.353 e. The van der Waals surface area contributed by atoms with Gasteiger partial charge in [-0.1, -0.05) is 53.9 Å². The molecule has 2 unspecified atom stereocenters. The number of hydrogen-bond donors (Lipinski definition) is 1. The molecule has 2 saturated carbocycles. The molecule has 0 aliphatic heterocycles. The summed E-state index contributed by atoms with van der Waals surface area (Å²) in [6, 6.07) is 4.32. The van der Waals surface area contributed by atoms with Crippen molar-refractivity contribution >= 4 is 17.1 Å². The second-order valence-corrected chi connectivity index (χ2v) is 12.9. The maximum Gasteiger partial charge on any atom is 0.330 e. The highest BCUT2D eigenvalue weighted by molar-refractivity contribution is 5.76. The van der Waals surface area contributed by atoms with Crippen LogP contribution in [0.3, 0.4) is 0 Å². The van der Waals surface area contributed by atoms with Crippen molar-refractivity contribution in [3.63, 3.8) is 0 Å². The number of hydrogen-bond acceptors (Lipinski definition) is 3. The van der Waals surface area contributed by atoms with E-state index < -0.39 is 0 Å². The van der Waals surface area contributed by atoms with Crippen LogP contribution in [0.2, 0.25) is 0 Å². The maximum absolute atomic E-state index is 12.9. The highest BCUT2D eigenvalue weighted by atomic mass is 16.2. The molecule has 2 fully saturated rings. The van der Waals surface area contributed by atoms with Crippen LogP contribution in [0.4, 0.5) is 0 Å². The first kappa shape index (κ1) is 25.0. The van der Waals surface area contributed by atoms with Gasteiger partial charge in [0.05, 0.1) is 5.52 Å². The Hall–Kier alpha value is -2.11. The monoisotopic (exact) mass is 468 g/mol. The molecule has 6 heteroatoms. The number of imidazole rings is 1. The van der Waals surface area contributed by atoms with E-state index in [0.717, 1.165) is 36.1 Å². The Bertz CT molecular complexity index is 1080. The Labute approximate surface area is 204 Å². The van der Waals surface area contributed by atoms with Crippen LogP contribution in [0, 0.1) is 16.7 Å². The number of pyridine rings is 1. The molecule has 6 nitrogen and oxygen atoms in total. The molecule has 0 aromatic carbocycles. The molecule has 1 amide bonds. The fraction of sp³-hybridized carbons (Fsp3) is 0.750. The van der Waals surface area contributed by atoms with Gasteiger partial charge in [-0.15, -0.1) is 0 Å². The molecule has 2 aliphatic rings.